The number of ketones is 1. The van der Waals surface area contributed by atoms with Crippen LogP contribution >= 0.6 is 0 Å². The molecule has 13 nitrogen and oxygen atoms in total. The molecule has 1 unspecified atom stereocenters. The van der Waals surface area contributed by atoms with Gasteiger partial charge in [-0.1, -0.05) is 59.0 Å². The average Bonchev–Trinajstić information content (AvgIpc) is 4.01. The van der Waals surface area contributed by atoms with E-state index < -0.39 is 63.2 Å². The van der Waals surface area contributed by atoms with Gasteiger partial charge in [0.1, 0.15) is 12.1 Å². The van der Waals surface area contributed by atoms with E-state index in [-0.39, 0.29) is 42.2 Å². The molecule has 1 saturated heterocycles. The fraction of sp³-hybridized carbons (Fsp3) is 0.816. The summed E-state index contributed by atoms with van der Waals surface area (Å²) < 4.78 is 25.7. The van der Waals surface area contributed by atoms with E-state index in [4.69, 9.17) is 0 Å². The molecule has 5 aliphatic rings. The maximum absolute atomic E-state index is 14.9. The summed E-state index contributed by atoms with van der Waals surface area (Å²) in [7, 11) is -2.02. The second-order valence-electron chi connectivity index (χ2n) is 17.5. The number of nitrogens with one attached hydrogen (secondary N) is 4. The van der Waals surface area contributed by atoms with Gasteiger partial charge in [-0.05, 0) is 85.9 Å². The lowest BCUT2D eigenvalue weighted by Gasteiger charge is -2.37. The van der Waals surface area contributed by atoms with Crippen LogP contribution in [0.1, 0.15) is 104 Å². The number of fused-ring (bicyclic) bond motifs is 2. The Morgan fingerprint density at radius 2 is 1.63 bits per heavy atom. The van der Waals surface area contributed by atoms with Gasteiger partial charge in [0.25, 0.3) is 5.91 Å². The summed E-state index contributed by atoms with van der Waals surface area (Å²) in [5.74, 6) is -1.72. The molecular formula is C38H62N6O7S. The predicted molar refractivity (Wildman–Crippen MR) is 198 cm³/mol. The van der Waals surface area contributed by atoms with Crippen molar-refractivity contribution in [2.45, 2.75) is 128 Å². The molecule has 4 saturated carbocycles. The van der Waals surface area contributed by atoms with Crippen molar-refractivity contribution in [2.24, 2.45) is 34.5 Å². The van der Waals surface area contributed by atoms with Crippen molar-refractivity contribution >= 4 is 39.6 Å². The molecule has 0 aromatic carbocycles. The maximum atomic E-state index is 14.9. The first kappa shape index (κ1) is 40.2. The lowest BCUT2D eigenvalue weighted by Crippen LogP contribution is -2.61. The summed E-state index contributed by atoms with van der Waals surface area (Å²) in [5.41, 5.74) is -0.369. The zero-order chi connectivity index (χ0) is 38.0. The minimum absolute atomic E-state index is 0.0594. The zero-order valence-corrected chi connectivity index (χ0v) is 32.7. The van der Waals surface area contributed by atoms with Gasteiger partial charge < -0.3 is 26.2 Å². The average molecular weight is 747 g/mol. The van der Waals surface area contributed by atoms with Crippen LogP contribution in [0.2, 0.25) is 0 Å². The predicted octanol–water partition coefficient (Wildman–Crippen LogP) is 3.10. The third-order valence-electron chi connectivity index (χ3n) is 12.7. The van der Waals surface area contributed by atoms with Crippen molar-refractivity contribution in [1.29, 1.82) is 0 Å². The molecule has 0 bridgehead atoms. The first-order chi connectivity index (χ1) is 24.4. The molecule has 5 amide bonds. The Morgan fingerprint density at radius 1 is 0.962 bits per heavy atom. The molecular weight excluding hydrogens is 685 g/mol. The Balaban J connectivity index is 1.39. The third kappa shape index (κ3) is 9.56. The largest absolute Gasteiger partial charge is 0.346 e. The molecule has 5 fully saturated rings. The molecule has 0 aromatic heterocycles. The quantitative estimate of drug-likeness (QED) is 0.139. The lowest BCUT2D eigenvalue weighted by atomic mass is 9.83. The van der Waals surface area contributed by atoms with Crippen LogP contribution in [-0.2, 0) is 29.2 Å². The Morgan fingerprint density at radius 3 is 2.21 bits per heavy atom. The molecule has 1 aliphatic heterocycles. The number of nitrogens with zero attached hydrogens (tertiary/aromatic N) is 2. The summed E-state index contributed by atoms with van der Waals surface area (Å²) in [6, 6.07) is -3.80. The fourth-order valence-corrected chi connectivity index (χ4v) is 9.36. The maximum Gasteiger partial charge on any atom is 0.315 e. The van der Waals surface area contributed by atoms with Crippen LogP contribution in [0.4, 0.5) is 4.79 Å². The number of carbonyl (C=O) groups excluding carboxylic acids is 5. The number of Topliss-reactive ketones (excluding diaryl/α,β-unsaturated/α-hetero) is 1. The van der Waals surface area contributed by atoms with Gasteiger partial charge in [-0.3, -0.25) is 19.2 Å². The van der Waals surface area contributed by atoms with E-state index in [0.29, 0.717) is 18.9 Å². The van der Waals surface area contributed by atoms with E-state index in [1.807, 2.05) is 20.8 Å². The number of rotatable bonds is 16. The molecule has 1 spiro atoms. The molecule has 4 aliphatic carbocycles. The van der Waals surface area contributed by atoms with Crippen LogP contribution < -0.4 is 21.3 Å². The fourth-order valence-electron chi connectivity index (χ4n) is 8.94. The Labute approximate surface area is 310 Å². The van der Waals surface area contributed by atoms with Crippen LogP contribution in [0.15, 0.2) is 12.7 Å². The number of amides is 5. The number of hydrogen-bond acceptors (Lipinski definition) is 7. The topological polar surface area (TPSA) is 174 Å². The third-order valence-corrected chi connectivity index (χ3v) is 14.0. The molecule has 1 heterocycles. The summed E-state index contributed by atoms with van der Waals surface area (Å²) in [4.78, 5) is 71.0. The number of likely N-dealkylation sites (N-methyl/N-ethyl adjacent to an activating group) is 1. The molecule has 292 valence electrons. The van der Waals surface area contributed by atoms with Crippen LogP contribution in [0, 0.1) is 34.5 Å². The smallest absolute Gasteiger partial charge is 0.315 e. The highest BCUT2D eigenvalue weighted by atomic mass is 32.2. The van der Waals surface area contributed by atoms with Gasteiger partial charge in [-0.25, -0.2) is 17.5 Å². The summed E-state index contributed by atoms with van der Waals surface area (Å²) in [6.07, 6.45) is 14.2. The van der Waals surface area contributed by atoms with Crippen molar-refractivity contribution in [1.82, 2.24) is 30.5 Å². The van der Waals surface area contributed by atoms with Gasteiger partial charge in [0.2, 0.25) is 27.6 Å². The van der Waals surface area contributed by atoms with E-state index in [1.165, 1.54) is 17.4 Å². The molecule has 4 N–H and O–H groups in total. The van der Waals surface area contributed by atoms with Crippen molar-refractivity contribution in [3.63, 3.8) is 0 Å². The van der Waals surface area contributed by atoms with Crippen LogP contribution in [0.3, 0.4) is 0 Å². The summed E-state index contributed by atoms with van der Waals surface area (Å²) in [6.45, 7) is 9.97. The standard InChI is InChI=1S/C38H62N6O7S/c1-7-21-39-34(47)32(45)28(16-15-24-13-14-24)40-33(46)31-26-17-18-38(19-20-38)27(26)22-44(31)35(48)30(25-11-9-8-10-12-25)42-36(49)41-29(37(2,3)4)23-43(5)52(6,50)51/h7,24-31H,1,8-23H2,2-6H3,(H,39,47)(H,40,46)(H2,41,42,49)/t26-,27-,28?,29+,30-,31-/m0/s1. The van der Waals surface area contributed by atoms with Gasteiger partial charge in [-0.15, -0.1) is 6.58 Å². The van der Waals surface area contributed by atoms with Crippen LogP contribution in [0.5, 0.6) is 0 Å². The van der Waals surface area contributed by atoms with Crippen molar-refractivity contribution in [2.75, 3.05) is 32.9 Å². The highest BCUT2D eigenvalue weighted by molar-refractivity contribution is 7.88. The number of sulfonamides is 1. The highest BCUT2D eigenvalue weighted by Crippen LogP contribution is 2.66. The second-order valence-corrected chi connectivity index (χ2v) is 19.6. The van der Waals surface area contributed by atoms with Gasteiger partial charge >= 0.3 is 6.03 Å². The zero-order valence-electron chi connectivity index (χ0n) is 31.9. The minimum atomic E-state index is -3.50. The van der Waals surface area contributed by atoms with Gasteiger partial charge in [0.05, 0.1) is 12.3 Å². The van der Waals surface area contributed by atoms with E-state index >= 15 is 0 Å². The summed E-state index contributed by atoms with van der Waals surface area (Å²) in [5, 5.41) is 11.5. The van der Waals surface area contributed by atoms with Gasteiger partial charge in [0, 0.05) is 32.7 Å². The normalized spacial score (nSPS) is 25.9. The number of hydrogen-bond donors (Lipinski definition) is 4. The van der Waals surface area contributed by atoms with Crippen molar-refractivity contribution in [3.05, 3.63) is 12.7 Å². The van der Waals surface area contributed by atoms with E-state index in [1.54, 1.807) is 4.90 Å². The molecule has 14 heteroatoms. The molecule has 0 aromatic rings. The molecule has 52 heavy (non-hydrogen) atoms. The highest BCUT2D eigenvalue weighted by Gasteiger charge is 2.64. The van der Waals surface area contributed by atoms with Gasteiger partial charge in [0.15, 0.2) is 0 Å². The van der Waals surface area contributed by atoms with Crippen molar-refractivity contribution < 1.29 is 32.4 Å². The molecule has 0 radical (unpaired) electrons. The van der Waals surface area contributed by atoms with Crippen LogP contribution in [-0.4, -0.2) is 104 Å². The summed E-state index contributed by atoms with van der Waals surface area (Å²) >= 11 is 0. The number of carbonyl (C=O) groups is 5. The Kier molecular flexibility index (Phi) is 12.5. The first-order valence-electron chi connectivity index (χ1n) is 19.5. The molecule has 5 rings (SSSR count). The monoisotopic (exact) mass is 746 g/mol. The Bertz CT molecular complexity index is 1480. The molecule has 6 atom stereocenters. The number of likely N-dealkylation sites (tertiary alicyclic amines) is 1. The van der Waals surface area contributed by atoms with E-state index in [0.717, 1.165) is 83.3 Å². The second kappa shape index (κ2) is 16.2. The van der Waals surface area contributed by atoms with E-state index in [2.05, 4.69) is 27.8 Å². The van der Waals surface area contributed by atoms with Gasteiger partial charge in [-0.2, -0.15) is 0 Å². The Hall–Kier alpha value is -3.00. The lowest BCUT2D eigenvalue weighted by molar-refractivity contribution is -0.144. The van der Waals surface area contributed by atoms with E-state index in [9.17, 15) is 32.4 Å². The minimum Gasteiger partial charge on any atom is -0.346 e. The SMILES string of the molecule is C=CCNC(=O)C(=O)C(CCC1CC1)NC(=O)[C@@H]1[C@H]2CCC3(CC3)[C@H]2CN1C(=O)[C@@H](NC(=O)N[C@H](CN(C)S(C)(=O)=O)C(C)(C)C)C1CCCCC1. The van der Waals surface area contributed by atoms with Crippen LogP contribution in [0.25, 0.3) is 0 Å². The van der Waals surface area contributed by atoms with Crippen molar-refractivity contribution in [3.8, 4) is 0 Å². The first-order valence-corrected chi connectivity index (χ1v) is 21.3. The number of urea groups is 1.